The molecule has 3 heteroatoms. The first-order chi connectivity index (χ1) is 8.15. The lowest BCUT2D eigenvalue weighted by Crippen LogP contribution is -2.31. The molecule has 1 aliphatic rings. The van der Waals surface area contributed by atoms with Crippen molar-refractivity contribution in [1.82, 2.24) is 0 Å². The fourth-order valence-electron chi connectivity index (χ4n) is 2.57. The third-order valence-electron chi connectivity index (χ3n) is 3.29. The molecule has 0 spiro atoms. The Labute approximate surface area is 113 Å². The van der Waals surface area contributed by atoms with Gasteiger partial charge in [-0.15, -0.1) is 11.3 Å². The van der Waals surface area contributed by atoms with E-state index in [-0.39, 0.29) is 0 Å². The average Bonchev–Trinajstić information content (AvgIpc) is 2.81. The molecule has 1 nitrogen and oxygen atoms in total. The molecule has 1 aromatic heterocycles. The highest BCUT2D eigenvalue weighted by Crippen LogP contribution is 2.34. The highest BCUT2D eigenvalue weighted by molar-refractivity contribution is 9.11. The summed E-state index contributed by atoms with van der Waals surface area (Å²) in [5, 5.41) is 10.7. The Bertz CT molecular complexity index is 522. The average molecular weight is 309 g/mol. The van der Waals surface area contributed by atoms with Crippen molar-refractivity contribution in [3.63, 3.8) is 0 Å². The summed E-state index contributed by atoms with van der Waals surface area (Å²) in [4.78, 5) is 1.24. The molecule has 1 N–H and O–H groups in total. The van der Waals surface area contributed by atoms with Gasteiger partial charge in [0.2, 0.25) is 0 Å². The van der Waals surface area contributed by atoms with Crippen LogP contribution in [0.4, 0.5) is 0 Å². The molecule has 1 aromatic carbocycles. The van der Waals surface area contributed by atoms with Crippen LogP contribution >= 0.6 is 27.3 Å². The first-order valence-corrected chi connectivity index (χ1v) is 7.29. The van der Waals surface area contributed by atoms with Crippen LogP contribution in [0.15, 0.2) is 40.2 Å². The molecule has 0 bridgehead atoms. The van der Waals surface area contributed by atoms with Crippen molar-refractivity contribution in [2.75, 3.05) is 0 Å². The van der Waals surface area contributed by atoms with Crippen molar-refractivity contribution in [1.29, 1.82) is 0 Å². The zero-order chi connectivity index (χ0) is 11.9. The Kier molecular flexibility index (Phi) is 2.85. The van der Waals surface area contributed by atoms with Crippen LogP contribution in [0.2, 0.25) is 0 Å². The number of thiophene rings is 1. The van der Waals surface area contributed by atoms with Crippen molar-refractivity contribution >= 4 is 27.3 Å². The minimum absolute atomic E-state index is 0.589. The van der Waals surface area contributed by atoms with Crippen LogP contribution in [0.3, 0.4) is 0 Å². The molecule has 0 fully saturated rings. The lowest BCUT2D eigenvalue weighted by atomic mass is 9.95. The summed E-state index contributed by atoms with van der Waals surface area (Å²) in [6, 6.07) is 12.5. The van der Waals surface area contributed by atoms with Gasteiger partial charge in [0.05, 0.1) is 9.39 Å². The maximum Gasteiger partial charge on any atom is 0.0776 e. The van der Waals surface area contributed by atoms with Crippen LogP contribution in [0, 0.1) is 0 Å². The molecule has 17 heavy (non-hydrogen) atoms. The standard InChI is InChI=1S/C14H13BrOS/c15-13-6-5-12(17-13)9-14(16)7-10-3-1-2-4-11(10)8-14/h1-6,16H,7-9H2. The van der Waals surface area contributed by atoms with Crippen LogP contribution < -0.4 is 0 Å². The quantitative estimate of drug-likeness (QED) is 0.899. The molecular weight excluding hydrogens is 296 g/mol. The van der Waals surface area contributed by atoms with E-state index in [2.05, 4.69) is 34.1 Å². The summed E-state index contributed by atoms with van der Waals surface area (Å²) in [5.41, 5.74) is 2.00. The van der Waals surface area contributed by atoms with E-state index in [1.54, 1.807) is 11.3 Å². The van der Waals surface area contributed by atoms with Crippen LogP contribution in [0.5, 0.6) is 0 Å². The molecule has 1 aliphatic carbocycles. The molecule has 2 aromatic rings. The fraction of sp³-hybridized carbons (Fsp3) is 0.286. The summed E-state index contributed by atoms with van der Waals surface area (Å²) < 4.78 is 1.13. The molecular formula is C14H13BrOS. The second kappa shape index (κ2) is 4.23. The normalized spacial score (nSPS) is 17.1. The van der Waals surface area contributed by atoms with Gasteiger partial charge in [-0.25, -0.2) is 0 Å². The summed E-state index contributed by atoms with van der Waals surface area (Å²) in [5.74, 6) is 0. The number of halogens is 1. The van der Waals surface area contributed by atoms with Crippen molar-refractivity contribution in [3.8, 4) is 0 Å². The molecule has 3 rings (SSSR count). The molecule has 0 unspecified atom stereocenters. The molecule has 0 saturated carbocycles. The van der Waals surface area contributed by atoms with Crippen LogP contribution in [0.1, 0.15) is 16.0 Å². The monoisotopic (exact) mass is 308 g/mol. The zero-order valence-electron chi connectivity index (χ0n) is 9.32. The van der Waals surface area contributed by atoms with E-state index >= 15 is 0 Å². The second-order valence-corrected chi connectivity index (χ2v) is 7.28. The van der Waals surface area contributed by atoms with Crippen molar-refractivity contribution in [2.45, 2.75) is 24.9 Å². The van der Waals surface area contributed by atoms with Gasteiger partial charge in [0, 0.05) is 24.1 Å². The van der Waals surface area contributed by atoms with Crippen LogP contribution in [-0.2, 0) is 19.3 Å². The Hall–Kier alpha value is -0.640. The Balaban J connectivity index is 1.82. The Morgan fingerprint density at radius 3 is 2.29 bits per heavy atom. The van der Waals surface area contributed by atoms with Crippen LogP contribution in [0.25, 0.3) is 0 Å². The molecule has 0 atom stereocenters. The lowest BCUT2D eigenvalue weighted by Gasteiger charge is -2.21. The Morgan fingerprint density at radius 1 is 1.12 bits per heavy atom. The largest absolute Gasteiger partial charge is 0.389 e. The van der Waals surface area contributed by atoms with E-state index < -0.39 is 5.60 Å². The van der Waals surface area contributed by atoms with E-state index in [9.17, 15) is 5.11 Å². The molecule has 0 saturated heterocycles. The predicted octanol–water partition coefficient (Wildman–Crippen LogP) is 3.58. The molecule has 0 radical (unpaired) electrons. The van der Waals surface area contributed by atoms with Gasteiger partial charge >= 0.3 is 0 Å². The smallest absolute Gasteiger partial charge is 0.0776 e. The molecule has 88 valence electrons. The molecule has 0 aliphatic heterocycles. The number of hydrogen-bond acceptors (Lipinski definition) is 2. The topological polar surface area (TPSA) is 20.2 Å². The van der Waals surface area contributed by atoms with Gasteiger partial charge < -0.3 is 5.11 Å². The number of benzene rings is 1. The minimum atomic E-state index is -0.589. The number of hydrogen-bond donors (Lipinski definition) is 1. The summed E-state index contributed by atoms with van der Waals surface area (Å²) in [7, 11) is 0. The summed E-state index contributed by atoms with van der Waals surface area (Å²) in [6.07, 6.45) is 2.30. The van der Waals surface area contributed by atoms with E-state index in [1.165, 1.54) is 16.0 Å². The van der Waals surface area contributed by atoms with Gasteiger partial charge in [-0.2, -0.15) is 0 Å². The van der Waals surface area contributed by atoms with E-state index in [0.29, 0.717) is 0 Å². The van der Waals surface area contributed by atoms with E-state index in [4.69, 9.17) is 0 Å². The Morgan fingerprint density at radius 2 is 1.76 bits per heavy atom. The molecule has 0 amide bonds. The summed E-state index contributed by atoms with van der Waals surface area (Å²) in [6.45, 7) is 0. The SMILES string of the molecule is OC1(Cc2ccc(Br)s2)Cc2ccccc2C1. The highest BCUT2D eigenvalue weighted by atomic mass is 79.9. The van der Waals surface area contributed by atoms with Gasteiger partial charge in [0.15, 0.2) is 0 Å². The van der Waals surface area contributed by atoms with E-state index in [1.807, 2.05) is 18.2 Å². The lowest BCUT2D eigenvalue weighted by molar-refractivity contribution is 0.0526. The number of aliphatic hydroxyl groups is 1. The summed E-state index contributed by atoms with van der Waals surface area (Å²) >= 11 is 5.17. The number of rotatable bonds is 2. The number of fused-ring (bicyclic) bond motifs is 1. The maximum absolute atomic E-state index is 10.7. The van der Waals surface area contributed by atoms with Gasteiger partial charge in [0.1, 0.15) is 0 Å². The first kappa shape index (κ1) is 11.5. The van der Waals surface area contributed by atoms with Crippen molar-refractivity contribution < 1.29 is 5.11 Å². The highest BCUT2D eigenvalue weighted by Gasteiger charge is 2.35. The van der Waals surface area contributed by atoms with Gasteiger partial charge in [0.25, 0.3) is 0 Å². The van der Waals surface area contributed by atoms with Crippen molar-refractivity contribution in [3.05, 3.63) is 56.2 Å². The minimum Gasteiger partial charge on any atom is -0.389 e. The molecule has 1 heterocycles. The van der Waals surface area contributed by atoms with E-state index in [0.717, 1.165) is 23.0 Å². The third-order valence-corrected chi connectivity index (χ3v) is 4.91. The first-order valence-electron chi connectivity index (χ1n) is 5.68. The zero-order valence-corrected chi connectivity index (χ0v) is 11.7. The predicted molar refractivity (Wildman–Crippen MR) is 74.5 cm³/mol. The van der Waals surface area contributed by atoms with Crippen LogP contribution in [-0.4, -0.2) is 10.7 Å². The fourth-order valence-corrected chi connectivity index (χ4v) is 4.19. The van der Waals surface area contributed by atoms with Gasteiger partial charge in [-0.05, 0) is 39.2 Å². The second-order valence-electron chi connectivity index (χ2n) is 4.73. The third kappa shape index (κ3) is 2.32. The van der Waals surface area contributed by atoms with Gasteiger partial charge in [-0.3, -0.25) is 0 Å². The maximum atomic E-state index is 10.7. The van der Waals surface area contributed by atoms with Gasteiger partial charge in [-0.1, -0.05) is 24.3 Å². The van der Waals surface area contributed by atoms with Crippen molar-refractivity contribution in [2.24, 2.45) is 0 Å².